The Morgan fingerprint density at radius 2 is 2.33 bits per heavy atom. The summed E-state index contributed by atoms with van der Waals surface area (Å²) in [5.74, 6) is 0.329. The van der Waals surface area contributed by atoms with Crippen LogP contribution < -0.4 is 5.32 Å². The maximum atomic E-state index is 11.0. The predicted octanol–water partition coefficient (Wildman–Crippen LogP) is 0.953. The van der Waals surface area contributed by atoms with E-state index in [0.29, 0.717) is 24.6 Å². The van der Waals surface area contributed by atoms with Crippen LogP contribution in [0.5, 0.6) is 0 Å². The molecule has 0 bridgehead atoms. The number of ether oxygens (including phenoxy) is 2. The first-order chi connectivity index (χ1) is 7.13. The minimum Gasteiger partial charge on any atom is -0.468 e. The van der Waals surface area contributed by atoms with Crippen LogP contribution in [-0.2, 0) is 14.3 Å². The standard InChI is InChI=1S/C11H21NO3/c1-8(2)10-6-9(4-5-15-10)12-7-11(13)14-3/h8-10,12H,4-7H2,1-3H3. The smallest absolute Gasteiger partial charge is 0.319 e. The van der Waals surface area contributed by atoms with Crippen LogP contribution in [0.2, 0.25) is 0 Å². The molecule has 1 saturated heterocycles. The summed E-state index contributed by atoms with van der Waals surface area (Å²) in [6.45, 7) is 5.40. The summed E-state index contributed by atoms with van der Waals surface area (Å²) in [7, 11) is 1.41. The van der Waals surface area contributed by atoms with E-state index < -0.39 is 0 Å². The number of hydrogen-bond donors (Lipinski definition) is 1. The number of nitrogens with one attached hydrogen (secondary N) is 1. The van der Waals surface area contributed by atoms with Crippen molar-refractivity contribution in [2.75, 3.05) is 20.3 Å². The van der Waals surface area contributed by atoms with Crippen molar-refractivity contribution in [2.45, 2.75) is 38.8 Å². The first kappa shape index (κ1) is 12.5. The van der Waals surface area contributed by atoms with E-state index >= 15 is 0 Å². The zero-order valence-corrected chi connectivity index (χ0v) is 9.79. The summed E-state index contributed by atoms with van der Waals surface area (Å²) in [6.07, 6.45) is 2.27. The third kappa shape index (κ3) is 4.18. The van der Waals surface area contributed by atoms with Crippen molar-refractivity contribution < 1.29 is 14.3 Å². The van der Waals surface area contributed by atoms with E-state index in [1.807, 2.05) is 0 Å². The Labute approximate surface area is 91.3 Å². The lowest BCUT2D eigenvalue weighted by molar-refractivity contribution is -0.139. The van der Waals surface area contributed by atoms with Gasteiger partial charge in [-0.25, -0.2) is 0 Å². The molecule has 4 nitrogen and oxygen atoms in total. The van der Waals surface area contributed by atoms with E-state index in [1.165, 1.54) is 7.11 Å². The van der Waals surface area contributed by atoms with Gasteiger partial charge in [-0.3, -0.25) is 4.79 Å². The van der Waals surface area contributed by atoms with Crippen molar-refractivity contribution in [1.82, 2.24) is 5.32 Å². The van der Waals surface area contributed by atoms with Crippen molar-refractivity contribution >= 4 is 5.97 Å². The zero-order valence-electron chi connectivity index (χ0n) is 9.79. The van der Waals surface area contributed by atoms with Gasteiger partial charge in [0.25, 0.3) is 0 Å². The van der Waals surface area contributed by atoms with Gasteiger partial charge in [-0.15, -0.1) is 0 Å². The van der Waals surface area contributed by atoms with E-state index in [-0.39, 0.29) is 5.97 Å². The molecule has 15 heavy (non-hydrogen) atoms. The molecule has 0 saturated carbocycles. The summed E-state index contributed by atoms with van der Waals surface area (Å²) in [6, 6.07) is 0.380. The lowest BCUT2D eigenvalue weighted by Crippen LogP contribution is -2.42. The van der Waals surface area contributed by atoms with E-state index in [9.17, 15) is 4.79 Å². The number of rotatable bonds is 4. The van der Waals surface area contributed by atoms with Crippen LogP contribution >= 0.6 is 0 Å². The largest absolute Gasteiger partial charge is 0.468 e. The van der Waals surface area contributed by atoms with Crippen LogP contribution in [0, 0.1) is 5.92 Å². The van der Waals surface area contributed by atoms with Crippen LogP contribution in [0.15, 0.2) is 0 Å². The molecule has 0 aliphatic carbocycles. The first-order valence-electron chi connectivity index (χ1n) is 5.55. The maximum Gasteiger partial charge on any atom is 0.319 e. The number of esters is 1. The van der Waals surface area contributed by atoms with E-state index in [0.717, 1.165) is 19.4 Å². The molecular formula is C11H21NO3. The highest BCUT2D eigenvalue weighted by Gasteiger charge is 2.24. The average molecular weight is 215 g/mol. The lowest BCUT2D eigenvalue weighted by atomic mass is 9.95. The Hall–Kier alpha value is -0.610. The summed E-state index contributed by atoms with van der Waals surface area (Å²) >= 11 is 0. The second-order valence-electron chi connectivity index (χ2n) is 4.33. The van der Waals surface area contributed by atoms with Crippen LogP contribution in [0.1, 0.15) is 26.7 Å². The highest BCUT2D eigenvalue weighted by molar-refractivity contribution is 5.71. The molecule has 1 rings (SSSR count). The van der Waals surface area contributed by atoms with Crippen molar-refractivity contribution in [1.29, 1.82) is 0 Å². The third-order valence-corrected chi connectivity index (χ3v) is 2.82. The van der Waals surface area contributed by atoms with Crippen LogP contribution in [0.3, 0.4) is 0 Å². The van der Waals surface area contributed by atoms with Gasteiger partial charge in [-0.2, -0.15) is 0 Å². The Morgan fingerprint density at radius 1 is 1.60 bits per heavy atom. The van der Waals surface area contributed by atoms with E-state index in [1.54, 1.807) is 0 Å². The fraction of sp³-hybridized carbons (Fsp3) is 0.909. The molecule has 2 atom stereocenters. The van der Waals surface area contributed by atoms with Gasteiger partial charge in [0.2, 0.25) is 0 Å². The molecule has 1 heterocycles. The van der Waals surface area contributed by atoms with Crippen molar-refractivity contribution in [3.05, 3.63) is 0 Å². The molecule has 2 unspecified atom stereocenters. The minimum absolute atomic E-state index is 0.206. The fourth-order valence-electron chi connectivity index (χ4n) is 1.78. The molecule has 1 aliphatic heterocycles. The van der Waals surface area contributed by atoms with Crippen molar-refractivity contribution in [2.24, 2.45) is 5.92 Å². The van der Waals surface area contributed by atoms with E-state index in [4.69, 9.17) is 4.74 Å². The first-order valence-corrected chi connectivity index (χ1v) is 5.55. The van der Waals surface area contributed by atoms with Gasteiger partial charge in [-0.1, -0.05) is 13.8 Å². The fourth-order valence-corrected chi connectivity index (χ4v) is 1.78. The van der Waals surface area contributed by atoms with Crippen molar-refractivity contribution in [3.8, 4) is 0 Å². The Kier molecular flexibility index (Phi) is 5.05. The molecule has 0 aromatic heterocycles. The molecule has 1 aliphatic rings. The van der Waals surface area contributed by atoms with Gasteiger partial charge < -0.3 is 14.8 Å². The van der Waals surface area contributed by atoms with Crippen LogP contribution in [-0.4, -0.2) is 38.4 Å². The SMILES string of the molecule is COC(=O)CNC1CCOC(C(C)C)C1. The lowest BCUT2D eigenvalue weighted by Gasteiger charge is -2.32. The molecule has 0 amide bonds. The summed E-state index contributed by atoms with van der Waals surface area (Å²) in [5, 5.41) is 3.20. The third-order valence-electron chi connectivity index (χ3n) is 2.82. The maximum absolute atomic E-state index is 11.0. The monoisotopic (exact) mass is 215 g/mol. The minimum atomic E-state index is -0.206. The quantitative estimate of drug-likeness (QED) is 0.709. The van der Waals surface area contributed by atoms with Crippen molar-refractivity contribution in [3.63, 3.8) is 0 Å². The molecule has 4 heteroatoms. The second-order valence-corrected chi connectivity index (χ2v) is 4.33. The normalized spacial score (nSPS) is 26.7. The Morgan fingerprint density at radius 3 is 2.93 bits per heavy atom. The zero-order chi connectivity index (χ0) is 11.3. The van der Waals surface area contributed by atoms with Gasteiger partial charge in [-0.05, 0) is 18.8 Å². The summed E-state index contributed by atoms with van der Waals surface area (Å²) in [4.78, 5) is 11.0. The highest BCUT2D eigenvalue weighted by Crippen LogP contribution is 2.19. The predicted molar refractivity (Wildman–Crippen MR) is 57.6 cm³/mol. The van der Waals surface area contributed by atoms with E-state index in [2.05, 4.69) is 23.9 Å². The van der Waals surface area contributed by atoms with Gasteiger partial charge in [0, 0.05) is 12.6 Å². The van der Waals surface area contributed by atoms with Gasteiger partial charge >= 0.3 is 5.97 Å². The van der Waals surface area contributed by atoms with Gasteiger partial charge in [0.1, 0.15) is 0 Å². The summed E-state index contributed by atoms with van der Waals surface area (Å²) < 4.78 is 10.2. The van der Waals surface area contributed by atoms with Gasteiger partial charge in [0.15, 0.2) is 0 Å². The molecule has 88 valence electrons. The highest BCUT2D eigenvalue weighted by atomic mass is 16.5. The number of methoxy groups -OCH3 is 1. The Bertz CT molecular complexity index is 206. The van der Waals surface area contributed by atoms with Crippen LogP contribution in [0.4, 0.5) is 0 Å². The molecule has 1 fully saturated rings. The molecule has 0 aromatic carbocycles. The molecule has 0 aromatic rings. The molecular weight excluding hydrogens is 194 g/mol. The number of hydrogen-bond acceptors (Lipinski definition) is 4. The van der Waals surface area contributed by atoms with Gasteiger partial charge in [0.05, 0.1) is 19.8 Å². The van der Waals surface area contributed by atoms with Crippen LogP contribution in [0.25, 0.3) is 0 Å². The Balaban J connectivity index is 2.27. The molecule has 0 spiro atoms. The second kappa shape index (κ2) is 6.08. The summed E-state index contributed by atoms with van der Waals surface area (Å²) in [5.41, 5.74) is 0. The average Bonchev–Trinajstić information content (AvgIpc) is 2.26. The number of carbonyl (C=O) groups excluding carboxylic acids is 1. The topological polar surface area (TPSA) is 47.6 Å². The number of carbonyl (C=O) groups is 1. The molecule has 0 radical (unpaired) electrons. The molecule has 1 N–H and O–H groups in total.